The van der Waals surface area contributed by atoms with Crippen molar-refractivity contribution in [2.24, 2.45) is 0 Å². The summed E-state index contributed by atoms with van der Waals surface area (Å²) in [4.78, 5) is 14.5. The van der Waals surface area contributed by atoms with Crippen molar-refractivity contribution >= 4 is 5.91 Å². The second-order valence-electron chi connectivity index (χ2n) is 5.69. The van der Waals surface area contributed by atoms with E-state index in [2.05, 4.69) is 28.9 Å². The molecule has 0 spiro atoms. The van der Waals surface area contributed by atoms with Gasteiger partial charge in [0, 0.05) is 37.0 Å². The summed E-state index contributed by atoms with van der Waals surface area (Å²) in [5, 5.41) is 3.96. The highest BCUT2D eigenvalue weighted by atomic mass is 16.5. The van der Waals surface area contributed by atoms with Crippen LogP contribution in [-0.4, -0.2) is 27.1 Å². The zero-order valence-corrected chi connectivity index (χ0v) is 11.5. The van der Waals surface area contributed by atoms with E-state index in [1.165, 1.54) is 5.69 Å². The number of carbonyl (C=O) groups excluding carboxylic acids is 1. The van der Waals surface area contributed by atoms with Crippen LogP contribution in [0.1, 0.15) is 53.7 Å². The summed E-state index contributed by atoms with van der Waals surface area (Å²) < 4.78 is 7.49. The summed E-state index contributed by atoms with van der Waals surface area (Å²) in [5.74, 6) is 1.32. The van der Waals surface area contributed by atoms with Crippen LogP contribution in [0.5, 0.6) is 0 Å². The summed E-state index contributed by atoms with van der Waals surface area (Å²) >= 11 is 0. The van der Waals surface area contributed by atoms with Gasteiger partial charge in [-0.1, -0.05) is 5.16 Å². The summed E-state index contributed by atoms with van der Waals surface area (Å²) in [5.41, 5.74) is 1.62. The normalized spacial score (nSPS) is 21.9. The molecule has 1 atom stereocenters. The van der Waals surface area contributed by atoms with E-state index >= 15 is 0 Å². The van der Waals surface area contributed by atoms with Crippen molar-refractivity contribution in [2.45, 2.75) is 38.3 Å². The number of carbonyl (C=O) groups is 1. The van der Waals surface area contributed by atoms with E-state index in [4.69, 9.17) is 4.52 Å². The van der Waals surface area contributed by atoms with Crippen LogP contribution in [0.25, 0.3) is 0 Å². The molecule has 1 saturated carbocycles. The van der Waals surface area contributed by atoms with Crippen LogP contribution in [-0.2, 0) is 6.54 Å². The van der Waals surface area contributed by atoms with Gasteiger partial charge in [-0.3, -0.25) is 4.79 Å². The van der Waals surface area contributed by atoms with Crippen LogP contribution in [0.4, 0.5) is 0 Å². The third kappa shape index (κ3) is 1.77. The topological polar surface area (TPSA) is 51.3 Å². The van der Waals surface area contributed by atoms with Crippen LogP contribution in [0.3, 0.4) is 0 Å². The van der Waals surface area contributed by atoms with E-state index in [0.29, 0.717) is 18.2 Å². The molecule has 0 saturated heterocycles. The number of rotatable bonds is 2. The Labute approximate surface area is 117 Å². The molecule has 1 aliphatic heterocycles. The summed E-state index contributed by atoms with van der Waals surface area (Å²) in [6.45, 7) is 3.61. The molecule has 0 aromatic carbocycles. The Hall–Kier alpha value is -2.04. The van der Waals surface area contributed by atoms with Crippen molar-refractivity contribution in [3.63, 3.8) is 0 Å². The molecule has 0 radical (unpaired) electrons. The first-order valence-electron chi connectivity index (χ1n) is 7.16. The van der Waals surface area contributed by atoms with Gasteiger partial charge in [0.25, 0.3) is 5.91 Å². The molecule has 0 N–H and O–H groups in total. The first-order valence-corrected chi connectivity index (χ1v) is 7.16. The predicted octanol–water partition coefficient (Wildman–Crippen LogP) is 2.57. The maximum atomic E-state index is 12.6. The maximum Gasteiger partial charge on any atom is 0.276 e. The molecular weight excluding hydrogens is 254 g/mol. The van der Waals surface area contributed by atoms with E-state index in [-0.39, 0.29) is 11.9 Å². The summed E-state index contributed by atoms with van der Waals surface area (Å²) in [6, 6.07) is 6.00. The van der Waals surface area contributed by atoms with Gasteiger partial charge < -0.3 is 14.0 Å². The Kier molecular flexibility index (Phi) is 2.49. The predicted molar refractivity (Wildman–Crippen MR) is 72.4 cm³/mol. The second-order valence-corrected chi connectivity index (χ2v) is 5.69. The zero-order valence-electron chi connectivity index (χ0n) is 11.5. The molecule has 5 heteroatoms. The van der Waals surface area contributed by atoms with Crippen molar-refractivity contribution in [1.82, 2.24) is 14.6 Å². The highest BCUT2D eigenvalue weighted by Crippen LogP contribution is 2.40. The smallest absolute Gasteiger partial charge is 0.276 e. The molecule has 3 heterocycles. The van der Waals surface area contributed by atoms with Gasteiger partial charge in [-0.2, -0.15) is 0 Å². The molecule has 2 aromatic heterocycles. The van der Waals surface area contributed by atoms with Gasteiger partial charge in [0.05, 0.1) is 6.04 Å². The molecular formula is C15H17N3O2. The van der Waals surface area contributed by atoms with Gasteiger partial charge in [-0.05, 0) is 31.9 Å². The minimum Gasteiger partial charge on any atom is -0.360 e. The lowest BCUT2D eigenvalue weighted by Crippen LogP contribution is -2.40. The number of amides is 1. The van der Waals surface area contributed by atoms with Gasteiger partial charge >= 0.3 is 0 Å². The van der Waals surface area contributed by atoms with Crippen molar-refractivity contribution in [1.29, 1.82) is 0 Å². The van der Waals surface area contributed by atoms with E-state index in [0.717, 1.165) is 25.1 Å². The third-order valence-electron chi connectivity index (χ3n) is 4.33. The Morgan fingerprint density at radius 2 is 2.25 bits per heavy atom. The van der Waals surface area contributed by atoms with Gasteiger partial charge in [0.15, 0.2) is 5.69 Å². The van der Waals surface area contributed by atoms with Crippen molar-refractivity contribution < 1.29 is 9.32 Å². The largest absolute Gasteiger partial charge is 0.360 e. The Morgan fingerprint density at radius 1 is 1.40 bits per heavy atom. The standard InChI is InChI=1S/C15H17N3O2/c1-10-13-3-2-6-17(13)7-8-18(10)15(19)12-9-14(20-16-12)11-4-5-11/h2-3,6,9-11H,4-5,7-8H2,1H3. The number of nitrogens with zero attached hydrogens (tertiary/aromatic N) is 3. The quantitative estimate of drug-likeness (QED) is 0.843. The van der Waals surface area contributed by atoms with Crippen LogP contribution in [0.2, 0.25) is 0 Å². The average Bonchev–Trinajstić information content (AvgIpc) is 3.01. The highest BCUT2D eigenvalue weighted by molar-refractivity contribution is 5.92. The molecule has 1 aliphatic carbocycles. The lowest BCUT2D eigenvalue weighted by Gasteiger charge is -2.34. The fourth-order valence-electron chi connectivity index (χ4n) is 2.95. The first kappa shape index (κ1) is 11.8. The Balaban J connectivity index is 1.59. The molecule has 5 nitrogen and oxygen atoms in total. The van der Waals surface area contributed by atoms with E-state index in [1.54, 1.807) is 0 Å². The van der Waals surface area contributed by atoms with Gasteiger partial charge in [-0.15, -0.1) is 0 Å². The van der Waals surface area contributed by atoms with Gasteiger partial charge in [0.1, 0.15) is 5.76 Å². The number of aromatic nitrogens is 2. The third-order valence-corrected chi connectivity index (χ3v) is 4.33. The van der Waals surface area contributed by atoms with Crippen LogP contribution >= 0.6 is 0 Å². The SMILES string of the molecule is CC1c2cccn2CCN1C(=O)c1cc(C2CC2)on1. The van der Waals surface area contributed by atoms with Crippen LogP contribution in [0.15, 0.2) is 28.9 Å². The molecule has 1 fully saturated rings. The lowest BCUT2D eigenvalue weighted by atomic mass is 10.1. The van der Waals surface area contributed by atoms with Crippen LogP contribution in [0, 0.1) is 0 Å². The molecule has 104 valence electrons. The van der Waals surface area contributed by atoms with E-state index in [9.17, 15) is 4.79 Å². The van der Waals surface area contributed by atoms with Crippen molar-refractivity contribution in [3.05, 3.63) is 41.5 Å². The molecule has 1 unspecified atom stereocenters. The molecule has 4 rings (SSSR count). The minimum atomic E-state index is -0.0272. The minimum absolute atomic E-state index is 0.0272. The van der Waals surface area contributed by atoms with Crippen molar-refractivity contribution in [3.8, 4) is 0 Å². The van der Waals surface area contributed by atoms with Crippen molar-refractivity contribution in [2.75, 3.05) is 6.54 Å². The second kappa shape index (κ2) is 4.23. The molecule has 1 amide bonds. The number of fused-ring (bicyclic) bond motifs is 1. The first-order chi connectivity index (χ1) is 9.74. The monoisotopic (exact) mass is 271 g/mol. The Morgan fingerprint density at radius 3 is 3.05 bits per heavy atom. The number of hydrogen-bond acceptors (Lipinski definition) is 3. The van der Waals surface area contributed by atoms with E-state index in [1.807, 2.05) is 17.0 Å². The lowest BCUT2D eigenvalue weighted by molar-refractivity contribution is 0.0633. The van der Waals surface area contributed by atoms with Gasteiger partial charge in [0.2, 0.25) is 0 Å². The molecule has 0 bridgehead atoms. The van der Waals surface area contributed by atoms with E-state index < -0.39 is 0 Å². The van der Waals surface area contributed by atoms with Gasteiger partial charge in [-0.25, -0.2) is 0 Å². The Bertz CT molecular complexity index is 654. The zero-order chi connectivity index (χ0) is 13.7. The molecule has 2 aliphatic rings. The maximum absolute atomic E-state index is 12.6. The summed E-state index contributed by atoms with van der Waals surface area (Å²) in [6.07, 6.45) is 4.36. The number of hydrogen-bond donors (Lipinski definition) is 0. The fraction of sp³-hybridized carbons (Fsp3) is 0.467. The highest BCUT2D eigenvalue weighted by Gasteiger charge is 2.32. The summed E-state index contributed by atoms with van der Waals surface area (Å²) in [7, 11) is 0. The van der Waals surface area contributed by atoms with Crippen LogP contribution < -0.4 is 0 Å². The average molecular weight is 271 g/mol. The fourth-order valence-corrected chi connectivity index (χ4v) is 2.95. The molecule has 2 aromatic rings. The molecule has 20 heavy (non-hydrogen) atoms.